The fraction of sp³-hybridized carbons (Fsp3) is 0.200. The first-order chi connectivity index (χ1) is 8.63. The predicted molar refractivity (Wildman–Crippen MR) is 81.2 cm³/mol. The molecule has 2 aromatic rings. The summed E-state index contributed by atoms with van der Waals surface area (Å²) in [5.74, 6) is 0. The molecule has 0 aliphatic rings. The molecule has 1 unspecified atom stereocenters. The van der Waals surface area contributed by atoms with Gasteiger partial charge in [0.2, 0.25) is 0 Å². The molecule has 2 aromatic carbocycles. The summed E-state index contributed by atoms with van der Waals surface area (Å²) >= 11 is 9.85. The van der Waals surface area contributed by atoms with Crippen molar-refractivity contribution in [2.24, 2.45) is 0 Å². The van der Waals surface area contributed by atoms with Crippen LogP contribution in [0.5, 0.6) is 0 Å². The van der Waals surface area contributed by atoms with E-state index in [2.05, 4.69) is 39.4 Å². The third kappa shape index (κ3) is 2.77. The maximum atomic E-state index is 6.40. The second-order valence-electron chi connectivity index (χ2n) is 4.25. The number of hydrogen-bond donors (Lipinski definition) is 1. The molecule has 0 heterocycles. The van der Waals surface area contributed by atoms with E-state index in [0.29, 0.717) is 0 Å². The molecule has 0 saturated carbocycles. The molecule has 94 valence electrons. The Hall–Kier alpha value is -0.830. The Morgan fingerprint density at radius 1 is 1.11 bits per heavy atom. The molecule has 0 radical (unpaired) electrons. The van der Waals surface area contributed by atoms with Crippen LogP contribution in [0.25, 0.3) is 0 Å². The van der Waals surface area contributed by atoms with Gasteiger partial charge in [-0.05, 0) is 42.8 Å². The molecular weight excluding hydrogens is 310 g/mol. The fourth-order valence-corrected chi connectivity index (χ4v) is 2.55. The second-order valence-corrected chi connectivity index (χ2v) is 5.54. The van der Waals surface area contributed by atoms with E-state index in [9.17, 15) is 0 Å². The standard InChI is InChI=1S/C15H15BrClN/c1-10-4-3-5-13(14(10)17)15(18-2)11-6-8-12(16)9-7-11/h3-9,15,18H,1-2H3. The van der Waals surface area contributed by atoms with Gasteiger partial charge in [0, 0.05) is 9.50 Å². The number of benzene rings is 2. The van der Waals surface area contributed by atoms with E-state index in [1.807, 2.05) is 38.2 Å². The van der Waals surface area contributed by atoms with Crippen LogP contribution in [0.2, 0.25) is 5.02 Å². The SMILES string of the molecule is CNC(c1ccc(Br)cc1)c1cccc(C)c1Cl. The smallest absolute Gasteiger partial charge is 0.0589 e. The Morgan fingerprint density at radius 3 is 2.39 bits per heavy atom. The number of nitrogens with one attached hydrogen (secondary N) is 1. The minimum Gasteiger partial charge on any atom is -0.309 e. The zero-order valence-electron chi connectivity index (χ0n) is 10.4. The lowest BCUT2D eigenvalue weighted by atomic mass is 9.97. The van der Waals surface area contributed by atoms with Gasteiger partial charge in [0.1, 0.15) is 0 Å². The van der Waals surface area contributed by atoms with Crippen molar-refractivity contribution in [2.45, 2.75) is 13.0 Å². The Balaban J connectivity index is 2.45. The van der Waals surface area contributed by atoms with Crippen LogP contribution in [-0.2, 0) is 0 Å². The molecular formula is C15H15BrClN. The minimum atomic E-state index is 0.116. The van der Waals surface area contributed by atoms with Crippen molar-refractivity contribution in [3.05, 3.63) is 68.7 Å². The van der Waals surface area contributed by atoms with E-state index < -0.39 is 0 Å². The average molecular weight is 325 g/mol. The zero-order valence-corrected chi connectivity index (χ0v) is 12.7. The van der Waals surface area contributed by atoms with E-state index in [-0.39, 0.29) is 6.04 Å². The molecule has 0 amide bonds. The molecule has 3 heteroatoms. The molecule has 0 bridgehead atoms. The molecule has 0 aliphatic heterocycles. The van der Waals surface area contributed by atoms with Gasteiger partial charge in [-0.3, -0.25) is 0 Å². The third-order valence-electron chi connectivity index (χ3n) is 3.02. The van der Waals surface area contributed by atoms with Gasteiger partial charge in [-0.15, -0.1) is 0 Å². The van der Waals surface area contributed by atoms with E-state index in [4.69, 9.17) is 11.6 Å². The van der Waals surface area contributed by atoms with Gasteiger partial charge in [0.05, 0.1) is 6.04 Å². The van der Waals surface area contributed by atoms with Crippen molar-refractivity contribution in [1.29, 1.82) is 0 Å². The van der Waals surface area contributed by atoms with Crippen LogP contribution in [0.1, 0.15) is 22.7 Å². The molecule has 0 aliphatic carbocycles. The van der Waals surface area contributed by atoms with Crippen LogP contribution in [-0.4, -0.2) is 7.05 Å². The molecule has 18 heavy (non-hydrogen) atoms. The first-order valence-electron chi connectivity index (χ1n) is 5.81. The summed E-state index contributed by atoms with van der Waals surface area (Å²) in [6.07, 6.45) is 0. The number of rotatable bonds is 3. The van der Waals surface area contributed by atoms with Crippen LogP contribution in [0, 0.1) is 6.92 Å². The molecule has 1 atom stereocenters. The Morgan fingerprint density at radius 2 is 1.78 bits per heavy atom. The van der Waals surface area contributed by atoms with Gasteiger partial charge >= 0.3 is 0 Å². The van der Waals surface area contributed by atoms with Crippen LogP contribution in [0.4, 0.5) is 0 Å². The van der Waals surface area contributed by atoms with Gasteiger partial charge < -0.3 is 5.32 Å². The lowest BCUT2D eigenvalue weighted by Gasteiger charge is -2.19. The molecule has 0 spiro atoms. The summed E-state index contributed by atoms with van der Waals surface area (Å²) in [5.41, 5.74) is 3.42. The van der Waals surface area contributed by atoms with Crippen molar-refractivity contribution in [3.8, 4) is 0 Å². The summed E-state index contributed by atoms with van der Waals surface area (Å²) in [6.45, 7) is 2.03. The van der Waals surface area contributed by atoms with Crippen LogP contribution < -0.4 is 5.32 Å². The van der Waals surface area contributed by atoms with Crippen LogP contribution in [0.3, 0.4) is 0 Å². The normalized spacial score (nSPS) is 12.4. The first kappa shape index (κ1) is 13.6. The first-order valence-corrected chi connectivity index (χ1v) is 6.98. The highest BCUT2D eigenvalue weighted by Crippen LogP contribution is 2.30. The molecule has 0 fully saturated rings. The lowest BCUT2D eigenvalue weighted by Crippen LogP contribution is -2.18. The summed E-state index contributed by atoms with van der Waals surface area (Å²) in [4.78, 5) is 0. The monoisotopic (exact) mass is 323 g/mol. The summed E-state index contributed by atoms with van der Waals surface area (Å²) in [6, 6.07) is 14.5. The zero-order chi connectivity index (χ0) is 13.1. The average Bonchev–Trinajstić information content (AvgIpc) is 2.37. The van der Waals surface area contributed by atoms with E-state index in [1.54, 1.807) is 0 Å². The van der Waals surface area contributed by atoms with E-state index >= 15 is 0 Å². The van der Waals surface area contributed by atoms with Crippen molar-refractivity contribution in [3.63, 3.8) is 0 Å². The van der Waals surface area contributed by atoms with Crippen molar-refractivity contribution >= 4 is 27.5 Å². The van der Waals surface area contributed by atoms with Gasteiger partial charge in [-0.1, -0.05) is 57.9 Å². The van der Waals surface area contributed by atoms with E-state index in [0.717, 1.165) is 20.6 Å². The molecule has 1 N–H and O–H groups in total. The highest BCUT2D eigenvalue weighted by atomic mass is 79.9. The van der Waals surface area contributed by atoms with Crippen LogP contribution >= 0.6 is 27.5 Å². The minimum absolute atomic E-state index is 0.116. The number of halogens is 2. The largest absolute Gasteiger partial charge is 0.309 e. The number of aryl methyl sites for hydroxylation is 1. The van der Waals surface area contributed by atoms with Crippen molar-refractivity contribution < 1.29 is 0 Å². The van der Waals surface area contributed by atoms with Crippen molar-refractivity contribution in [1.82, 2.24) is 5.32 Å². The Kier molecular flexibility index (Phi) is 4.44. The molecule has 2 rings (SSSR count). The quantitative estimate of drug-likeness (QED) is 0.861. The molecule has 1 nitrogen and oxygen atoms in total. The second kappa shape index (κ2) is 5.87. The predicted octanol–water partition coefficient (Wildman–Crippen LogP) is 4.72. The van der Waals surface area contributed by atoms with E-state index in [1.165, 1.54) is 5.56 Å². The van der Waals surface area contributed by atoms with Gasteiger partial charge in [-0.2, -0.15) is 0 Å². The third-order valence-corrected chi connectivity index (χ3v) is 4.07. The topological polar surface area (TPSA) is 12.0 Å². The highest BCUT2D eigenvalue weighted by molar-refractivity contribution is 9.10. The molecule has 0 aromatic heterocycles. The summed E-state index contributed by atoms with van der Waals surface area (Å²) in [5, 5.41) is 4.16. The fourth-order valence-electron chi connectivity index (χ4n) is 2.05. The maximum absolute atomic E-state index is 6.40. The van der Waals surface area contributed by atoms with Gasteiger partial charge in [0.25, 0.3) is 0 Å². The lowest BCUT2D eigenvalue weighted by molar-refractivity contribution is 0.691. The number of hydrogen-bond acceptors (Lipinski definition) is 1. The Bertz CT molecular complexity index is 537. The molecule has 0 saturated heterocycles. The highest BCUT2D eigenvalue weighted by Gasteiger charge is 2.15. The summed E-state index contributed by atoms with van der Waals surface area (Å²) in [7, 11) is 1.95. The Labute approximate surface area is 121 Å². The van der Waals surface area contributed by atoms with Gasteiger partial charge in [0.15, 0.2) is 0 Å². The maximum Gasteiger partial charge on any atom is 0.0589 e. The van der Waals surface area contributed by atoms with Crippen molar-refractivity contribution in [2.75, 3.05) is 7.05 Å². The summed E-state index contributed by atoms with van der Waals surface area (Å²) < 4.78 is 1.08. The van der Waals surface area contributed by atoms with Gasteiger partial charge in [-0.25, -0.2) is 0 Å². The van der Waals surface area contributed by atoms with Crippen LogP contribution in [0.15, 0.2) is 46.9 Å².